The Morgan fingerprint density at radius 1 is 1.00 bits per heavy atom. The standard InChI is InChI=1S/C29H41ClN4O2/c1-29(2,3)25-20-33(27(22-7-5-4-6-8-22)23-9-11-24(30)12-10-23)17-18-34(25)26(35)19-21-13-15-32(16-14-21)28(31)36/h4-12,21,25-27,35H,13-20H2,1-3H3,(H2,31,36). The molecule has 2 saturated heterocycles. The predicted molar refractivity (Wildman–Crippen MR) is 146 cm³/mol. The molecule has 0 spiro atoms. The molecule has 2 amide bonds. The van der Waals surface area contributed by atoms with Crippen molar-refractivity contribution in [1.29, 1.82) is 0 Å². The number of carbonyl (C=O) groups excluding carboxylic acids is 1. The summed E-state index contributed by atoms with van der Waals surface area (Å²) in [6, 6.07) is 18.8. The molecular weight excluding hydrogens is 472 g/mol. The van der Waals surface area contributed by atoms with Gasteiger partial charge >= 0.3 is 6.03 Å². The smallest absolute Gasteiger partial charge is 0.314 e. The summed E-state index contributed by atoms with van der Waals surface area (Å²) in [6.07, 6.45) is 2.03. The monoisotopic (exact) mass is 512 g/mol. The molecule has 196 valence electrons. The normalized spacial score (nSPS) is 22.4. The van der Waals surface area contributed by atoms with E-state index in [0.29, 0.717) is 19.0 Å². The van der Waals surface area contributed by atoms with Gasteiger partial charge in [0.05, 0.1) is 6.04 Å². The molecule has 2 fully saturated rings. The molecule has 0 aliphatic carbocycles. The van der Waals surface area contributed by atoms with E-state index in [1.807, 2.05) is 12.1 Å². The Hall–Kier alpha value is -2.12. The number of piperazine rings is 1. The van der Waals surface area contributed by atoms with Crippen LogP contribution in [0.3, 0.4) is 0 Å². The highest BCUT2D eigenvalue weighted by atomic mass is 35.5. The Balaban J connectivity index is 1.51. The van der Waals surface area contributed by atoms with Gasteiger partial charge in [-0.15, -0.1) is 0 Å². The van der Waals surface area contributed by atoms with E-state index >= 15 is 0 Å². The zero-order valence-electron chi connectivity index (χ0n) is 21.8. The van der Waals surface area contributed by atoms with Crippen molar-refractivity contribution in [3.8, 4) is 0 Å². The Morgan fingerprint density at radius 3 is 2.19 bits per heavy atom. The molecule has 0 bridgehead atoms. The molecule has 2 aliphatic rings. The molecule has 0 aromatic heterocycles. The molecule has 6 nitrogen and oxygen atoms in total. The number of hydrogen-bond acceptors (Lipinski definition) is 4. The molecule has 3 unspecified atom stereocenters. The minimum Gasteiger partial charge on any atom is -0.378 e. The van der Waals surface area contributed by atoms with Gasteiger partial charge in [0.25, 0.3) is 0 Å². The van der Waals surface area contributed by atoms with Crippen LogP contribution in [0.15, 0.2) is 54.6 Å². The van der Waals surface area contributed by atoms with Gasteiger partial charge in [0.15, 0.2) is 0 Å². The molecule has 4 rings (SSSR count). The first kappa shape index (κ1) is 26.9. The largest absolute Gasteiger partial charge is 0.378 e. The van der Waals surface area contributed by atoms with E-state index in [9.17, 15) is 9.90 Å². The third kappa shape index (κ3) is 6.41. The van der Waals surface area contributed by atoms with Gasteiger partial charge in [0.2, 0.25) is 0 Å². The molecule has 3 atom stereocenters. The van der Waals surface area contributed by atoms with Crippen LogP contribution in [0.4, 0.5) is 4.79 Å². The van der Waals surface area contributed by atoms with Crippen LogP contribution in [0.25, 0.3) is 0 Å². The first-order valence-electron chi connectivity index (χ1n) is 13.2. The summed E-state index contributed by atoms with van der Waals surface area (Å²) >= 11 is 6.21. The summed E-state index contributed by atoms with van der Waals surface area (Å²) in [5, 5.41) is 12.2. The fourth-order valence-corrected chi connectivity index (χ4v) is 6.02. The Bertz CT molecular complexity index is 987. The zero-order chi connectivity index (χ0) is 25.9. The van der Waals surface area contributed by atoms with Gasteiger partial charge in [-0.2, -0.15) is 0 Å². The van der Waals surface area contributed by atoms with Gasteiger partial charge < -0.3 is 15.7 Å². The van der Waals surface area contributed by atoms with E-state index in [2.05, 4.69) is 73.0 Å². The maximum absolute atomic E-state index is 11.5. The maximum atomic E-state index is 11.5. The van der Waals surface area contributed by atoms with Crippen LogP contribution in [-0.4, -0.2) is 70.8 Å². The zero-order valence-corrected chi connectivity index (χ0v) is 22.6. The third-order valence-corrected chi connectivity index (χ3v) is 8.22. The second-order valence-corrected chi connectivity index (χ2v) is 11.9. The van der Waals surface area contributed by atoms with Crippen molar-refractivity contribution in [2.45, 2.75) is 58.3 Å². The van der Waals surface area contributed by atoms with Crippen LogP contribution in [0.1, 0.15) is 57.2 Å². The Kier molecular flexibility index (Phi) is 8.61. The number of benzene rings is 2. The van der Waals surface area contributed by atoms with E-state index in [1.165, 1.54) is 11.1 Å². The molecule has 0 radical (unpaired) electrons. The predicted octanol–water partition coefficient (Wildman–Crippen LogP) is 4.96. The topological polar surface area (TPSA) is 73.0 Å². The van der Waals surface area contributed by atoms with Crippen molar-refractivity contribution in [2.75, 3.05) is 32.7 Å². The lowest BCUT2D eigenvalue weighted by molar-refractivity contribution is -0.104. The summed E-state index contributed by atoms with van der Waals surface area (Å²) in [7, 11) is 0. The minimum absolute atomic E-state index is 0.00375. The molecule has 2 heterocycles. The summed E-state index contributed by atoms with van der Waals surface area (Å²) < 4.78 is 0. The minimum atomic E-state index is -0.493. The van der Waals surface area contributed by atoms with Gasteiger partial charge in [-0.3, -0.25) is 9.80 Å². The number of urea groups is 1. The molecule has 0 saturated carbocycles. The molecule has 36 heavy (non-hydrogen) atoms. The second-order valence-electron chi connectivity index (χ2n) is 11.5. The fourth-order valence-electron chi connectivity index (χ4n) is 5.90. The van der Waals surface area contributed by atoms with Gasteiger partial charge in [-0.05, 0) is 53.9 Å². The number of carbonyl (C=O) groups is 1. The van der Waals surface area contributed by atoms with Crippen molar-refractivity contribution >= 4 is 17.6 Å². The average Bonchev–Trinajstić information content (AvgIpc) is 2.86. The molecular formula is C29H41ClN4O2. The SMILES string of the molecule is CC(C)(C)C1CN(C(c2ccccc2)c2ccc(Cl)cc2)CCN1C(O)CC1CCN(C(N)=O)CC1. The van der Waals surface area contributed by atoms with Crippen LogP contribution in [0.2, 0.25) is 5.02 Å². The Labute approximate surface area is 221 Å². The quantitative estimate of drug-likeness (QED) is 0.573. The highest BCUT2D eigenvalue weighted by molar-refractivity contribution is 6.30. The fraction of sp³-hybridized carbons (Fsp3) is 0.552. The van der Waals surface area contributed by atoms with Gasteiger partial charge in [-0.1, -0.05) is 74.8 Å². The number of primary amides is 1. The van der Waals surface area contributed by atoms with Crippen molar-refractivity contribution < 1.29 is 9.90 Å². The van der Waals surface area contributed by atoms with Gasteiger partial charge in [0, 0.05) is 43.8 Å². The van der Waals surface area contributed by atoms with Crippen molar-refractivity contribution in [3.63, 3.8) is 0 Å². The lowest BCUT2D eigenvalue weighted by Crippen LogP contribution is -2.61. The third-order valence-electron chi connectivity index (χ3n) is 7.97. The summed E-state index contributed by atoms with van der Waals surface area (Å²) in [5.74, 6) is 0.403. The van der Waals surface area contributed by atoms with E-state index in [1.54, 1.807) is 4.90 Å². The molecule has 7 heteroatoms. The van der Waals surface area contributed by atoms with E-state index in [0.717, 1.165) is 43.9 Å². The van der Waals surface area contributed by atoms with E-state index in [-0.39, 0.29) is 23.5 Å². The number of hydrogen-bond donors (Lipinski definition) is 2. The van der Waals surface area contributed by atoms with Crippen LogP contribution >= 0.6 is 11.6 Å². The summed E-state index contributed by atoms with van der Waals surface area (Å²) in [6.45, 7) is 10.7. The number of aliphatic hydroxyl groups excluding tert-OH is 1. The van der Waals surface area contributed by atoms with Crippen molar-refractivity contribution in [2.24, 2.45) is 17.1 Å². The lowest BCUT2D eigenvalue weighted by Gasteiger charge is -2.51. The highest BCUT2D eigenvalue weighted by Crippen LogP contribution is 2.37. The first-order chi connectivity index (χ1) is 17.1. The van der Waals surface area contributed by atoms with E-state index in [4.69, 9.17) is 17.3 Å². The maximum Gasteiger partial charge on any atom is 0.314 e. The highest BCUT2D eigenvalue weighted by Gasteiger charge is 2.41. The lowest BCUT2D eigenvalue weighted by atomic mass is 9.82. The van der Waals surface area contributed by atoms with E-state index < -0.39 is 6.23 Å². The number of halogens is 1. The number of nitrogens with two attached hydrogens (primary N) is 1. The van der Waals surface area contributed by atoms with Crippen molar-refractivity contribution in [3.05, 3.63) is 70.7 Å². The Morgan fingerprint density at radius 2 is 1.61 bits per heavy atom. The number of likely N-dealkylation sites (tertiary alicyclic amines) is 1. The molecule has 2 aromatic rings. The molecule has 2 aromatic carbocycles. The van der Waals surface area contributed by atoms with Crippen LogP contribution < -0.4 is 5.73 Å². The second kappa shape index (κ2) is 11.5. The van der Waals surface area contributed by atoms with Crippen molar-refractivity contribution in [1.82, 2.24) is 14.7 Å². The number of nitrogens with zero attached hydrogens (tertiary/aromatic N) is 3. The van der Waals surface area contributed by atoms with Gasteiger partial charge in [0.1, 0.15) is 6.23 Å². The average molecular weight is 513 g/mol. The number of rotatable bonds is 6. The number of amides is 2. The number of piperidine rings is 1. The summed E-state index contributed by atoms with van der Waals surface area (Å²) in [5.41, 5.74) is 7.94. The molecule has 3 N–H and O–H groups in total. The van der Waals surface area contributed by atoms with Crippen LogP contribution in [0, 0.1) is 11.3 Å². The summed E-state index contributed by atoms with van der Waals surface area (Å²) in [4.78, 5) is 18.1. The molecule has 2 aliphatic heterocycles. The van der Waals surface area contributed by atoms with Gasteiger partial charge in [-0.25, -0.2) is 4.79 Å². The first-order valence-corrected chi connectivity index (χ1v) is 13.5. The van der Waals surface area contributed by atoms with Crippen LogP contribution in [-0.2, 0) is 0 Å². The van der Waals surface area contributed by atoms with Crippen LogP contribution in [0.5, 0.6) is 0 Å². The number of aliphatic hydroxyl groups is 1.